The fourth-order valence-corrected chi connectivity index (χ4v) is 8.00. The Bertz CT molecular complexity index is 2940. The predicted molar refractivity (Wildman–Crippen MR) is 275 cm³/mol. The first-order valence-corrected chi connectivity index (χ1v) is 23.1. The van der Waals surface area contributed by atoms with E-state index >= 15 is 0 Å². The highest BCUT2D eigenvalue weighted by Gasteiger charge is 2.08. The zero-order valence-electron chi connectivity index (χ0n) is 39.4. The Morgan fingerprint density at radius 3 is 1.32 bits per heavy atom. The van der Waals surface area contributed by atoms with Gasteiger partial charge in [0.2, 0.25) is 0 Å². The average Bonchev–Trinajstić information content (AvgIpc) is 3.89. The SMILES string of the molecule is C=CN(/C=C\NCCC[n+]1cccc(N=Nc2ccc(Nc3ccc(-n4c(C)ccc4C)cc3)cc2)c1)CCC[n+]1cccc(N=Nc2ccc(Nc3ccc(-n4c(C)ccc4C)cc3)cc2)c1. The summed E-state index contributed by atoms with van der Waals surface area (Å²) in [5.74, 6) is 0. The molecule has 0 spiro atoms. The van der Waals surface area contributed by atoms with Gasteiger partial charge in [-0.2, -0.15) is 10.2 Å². The Morgan fingerprint density at radius 1 is 0.500 bits per heavy atom. The number of azo groups is 2. The van der Waals surface area contributed by atoms with E-state index in [9.17, 15) is 0 Å². The van der Waals surface area contributed by atoms with Crippen LogP contribution in [0.25, 0.3) is 11.4 Å². The van der Waals surface area contributed by atoms with Crippen LogP contribution in [-0.2, 0) is 13.1 Å². The zero-order chi connectivity index (χ0) is 47.1. The molecule has 4 heterocycles. The van der Waals surface area contributed by atoms with Crippen LogP contribution < -0.4 is 25.1 Å². The number of nitrogens with one attached hydrogen (secondary N) is 3. The third-order valence-electron chi connectivity index (χ3n) is 11.5. The van der Waals surface area contributed by atoms with Crippen molar-refractivity contribution in [2.24, 2.45) is 20.5 Å². The fourth-order valence-electron chi connectivity index (χ4n) is 8.00. The molecule has 0 atom stereocenters. The molecule has 0 aliphatic heterocycles. The molecule has 3 N–H and O–H groups in total. The number of benzene rings is 4. The van der Waals surface area contributed by atoms with Crippen molar-refractivity contribution in [3.05, 3.63) is 218 Å². The van der Waals surface area contributed by atoms with Gasteiger partial charge in [0.25, 0.3) is 0 Å². The minimum absolute atomic E-state index is 0.789. The first-order valence-electron chi connectivity index (χ1n) is 23.1. The predicted octanol–water partition coefficient (Wildman–Crippen LogP) is 13.4. The second-order valence-corrected chi connectivity index (χ2v) is 16.7. The van der Waals surface area contributed by atoms with Crippen molar-refractivity contribution in [1.29, 1.82) is 0 Å². The Morgan fingerprint density at radius 2 is 0.897 bits per heavy atom. The second-order valence-electron chi connectivity index (χ2n) is 16.7. The topological polar surface area (TPSA) is 106 Å². The first-order chi connectivity index (χ1) is 33.3. The molecular formula is C56H60N12+2. The molecule has 12 heteroatoms. The van der Waals surface area contributed by atoms with Gasteiger partial charge in [-0.05, 0) is 167 Å². The van der Waals surface area contributed by atoms with Crippen molar-refractivity contribution in [2.75, 3.05) is 23.7 Å². The van der Waals surface area contributed by atoms with Crippen molar-refractivity contribution in [2.45, 2.75) is 53.6 Å². The molecule has 0 bridgehead atoms. The Labute approximate surface area is 400 Å². The highest BCUT2D eigenvalue weighted by Crippen LogP contribution is 2.26. The summed E-state index contributed by atoms with van der Waals surface area (Å²) in [6.45, 7) is 15.9. The summed E-state index contributed by atoms with van der Waals surface area (Å²) in [5, 5.41) is 28.4. The van der Waals surface area contributed by atoms with E-state index < -0.39 is 0 Å². The molecule has 342 valence electrons. The molecule has 8 aromatic rings. The Hall–Kier alpha value is -8.38. The van der Waals surface area contributed by atoms with E-state index in [1.165, 1.54) is 22.8 Å². The Kier molecular flexibility index (Phi) is 15.4. The van der Waals surface area contributed by atoms with E-state index in [-0.39, 0.29) is 0 Å². The maximum Gasteiger partial charge on any atom is 0.196 e. The molecule has 68 heavy (non-hydrogen) atoms. The van der Waals surface area contributed by atoms with Crippen LogP contribution in [0.15, 0.2) is 216 Å². The average molecular weight is 901 g/mol. The highest BCUT2D eigenvalue weighted by molar-refractivity contribution is 5.64. The lowest BCUT2D eigenvalue weighted by molar-refractivity contribution is -0.696. The lowest BCUT2D eigenvalue weighted by atomic mass is 10.2. The molecule has 0 aliphatic carbocycles. The summed E-state index contributed by atoms with van der Waals surface area (Å²) in [6, 6.07) is 49.4. The maximum atomic E-state index is 4.51. The third-order valence-corrected chi connectivity index (χ3v) is 11.5. The smallest absolute Gasteiger partial charge is 0.196 e. The molecule has 12 nitrogen and oxygen atoms in total. The number of anilines is 4. The van der Waals surface area contributed by atoms with Gasteiger partial charge in [0.1, 0.15) is 24.5 Å². The van der Waals surface area contributed by atoms with Gasteiger partial charge in [-0.1, -0.05) is 6.58 Å². The van der Waals surface area contributed by atoms with Gasteiger partial charge in [-0.25, -0.2) is 9.13 Å². The van der Waals surface area contributed by atoms with Crippen molar-refractivity contribution in [3.8, 4) is 11.4 Å². The number of rotatable bonds is 21. The zero-order valence-corrected chi connectivity index (χ0v) is 39.4. The molecule has 4 aromatic carbocycles. The number of pyridine rings is 2. The molecule has 0 fully saturated rings. The number of aromatic nitrogens is 4. The maximum absolute atomic E-state index is 4.51. The summed E-state index contributed by atoms with van der Waals surface area (Å²) < 4.78 is 8.79. The van der Waals surface area contributed by atoms with Crippen LogP contribution >= 0.6 is 0 Å². The quantitative estimate of drug-likeness (QED) is 0.0379. The molecule has 0 aliphatic rings. The molecule has 0 amide bonds. The van der Waals surface area contributed by atoms with Crippen molar-refractivity contribution < 1.29 is 9.13 Å². The van der Waals surface area contributed by atoms with E-state index in [2.05, 4.69) is 179 Å². The molecule has 8 rings (SSSR count). The summed E-state index contributed by atoms with van der Waals surface area (Å²) in [5.41, 5.74) is 14.4. The van der Waals surface area contributed by atoms with E-state index in [1.807, 2.05) is 104 Å². The number of hydrogen-bond acceptors (Lipinski definition) is 8. The van der Waals surface area contributed by atoms with Crippen LogP contribution in [-0.4, -0.2) is 27.1 Å². The van der Waals surface area contributed by atoms with Crippen molar-refractivity contribution in [1.82, 2.24) is 19.4 Å². The van der Waals surface area contributed by atoms with Crippen LogP contribution in [0.1, 0.15) is 35.6 Å². The fraction of sp³-hybridized carbons (Fsp3) is 0.179. The van der Waals surface area contributed by atoms with Crippen LogP contribution in [0.4, 0.5) is 45.5 Å². The van der Waals surface area contributed by atoms with Crippen LogP contribution in [0.2, 0.25) is 0 Å². The highest BCUT2D eigenvalue weighted by atomic mass is 15.1. The third kappa shape index (κ3) is 12.7. The standard InChI is InChI=1S/C56H60N12/c1-6-64(38-10-39-66-36-8-12-54(42-66)63-61-52-23-19-48(20-24-52)59-50-27-31-56(32-28-50)68-45(4)15-16-46(68)5)40-34-57-33-9-37-65-35-7-11-53(41-65)62-60-51-21-17-47(18-22-51)58-49-25-29-55(30-26-49)67-43(2)13-14-44(67)3/h6-8,11-32,34-36,40-42,57-59H,1,9-10,33,37-39H2,2-5H3/q+2/b40-34-,62-60?,63-61?. The Balaban J connectivity index is 0.717. The normalized spacial score (nSPS) is 11.5. The van der Waals surface area contributed by atoms with Crippen molar-refractivity contribution >= 4 is 45.5 Å². The van der Waals surface area contributed by atoms with Crippen LogP contribution in [0.5, 0.6) is 0 Å². The lowest BCUT2D eigenvalue weighted by Gasteiger charge is -2.13. The van der Waals surface area contributed by atoms with Gasteiger partial charge < -0.3 is 30.0 Å². The number of nitrogens with zero attached hydrogens (tertiary/aromatic N) is 9. The first kappa shape index (κ1) is 46.2. The van der Waals surface area contributed by atoms with E-state index in [0.29, 0.717) is 0 Å². The van der Waals surface area contributed by atoms with Crippen molar-refractivity contribution in [3.63, 3.8) is 0 Å². The van der Waals surface area contributed by atoms with Gasteiger partial charge >= 0.3 is 0 Å². The van der Waals surface area contributed by atoms with Crippen LogP contribution in [0.3, 0.4) is 0 Å². The molecule has 4 aromatic heterocycles. The summed E-state index contributed by atoms with van der Waals surface area (Å²) in [7, 11) is 0. The van der Waals surface area contributed by atoms with Gasteiger partial charge in [-0.3, -0.25) is 0 Å². The molecular weight excluding hydrogens is 841 g/mol. The summed E-state index contributed by atoms with van der Waals surface area (Å²) in [4.78, 5) is 2.09. The molecule has 0 radical (unpaired) electrons. The van der Waals surface area contributed by atoms with Gasteiger partial charge in [-0.15, -0.1) is 10.2 Å². The molecule has 0 saturated heterocycles. The summed E-state index contributed by atoms with van der Waals surface area (Å²) in [6.07, 6.45) is 15.9. The van der Waals surface area contributed by atoms with E-state index in [0.717, 1.165) is 95.9 Å². The van der Waals surface area contributed by atoms with Gasteiger partial charge in [0.15, 0.2) is 24.8 Å². The van der Waals surface area contributed by atoms with E-state index in [1.54, 1.807) is 0 Å². The van der Waals surface area contributed by atoms with Gasteiger partial charge in [0.05, 0.1) is 11.4 Å². The van der Waals surface area contributed by atoms with E-state index in [4.69, 9.17) is 0 Å². The van der Waals surface area contributed by atoms with Gasteiger partial charge in [0, 0.05) is 107 Å². The van der Waals surface area contributed by atoms with Crippen LogP contribution in [0, 0.1) is 27.7 Å². The molecule has 0 saturated carbocycles. The minimum atomic E-state index is 0.789. The number of hydrogen-bond donors (Lipinski definition) is 3. The second kappa shape index (κ2) is 22.7. The molecule has 0 unspecified atom stereocenters. The minimum Gasteiger partial charge on any atom is -0.389 e. The lowest BCUT2D eigenvalue weighted by Crippen LogP contribution is -2.34. The largest absolute Gasteiger partial charge is 0.389 e. The summed E-state index contributed by atoms with van der Waals surface area (Å²) >= 11 is 0. The monoisotopic (exact) mass is 901 g/mol. The number of aryl methyl sites for hydroxylation is 6.